The highest BCUT2D eigenvalue weighted by Crippen LogP contribution is 2.31. The fraction of sp³-hybridized carbons (Fsp3) is 0.304. The second-order valence-corrected chi connectivity index (χ2v) is 8.03. The van der Waals surface area contributed by atoms with E-state index in [1.807, 2.05) is 50.7 Å². The summed E-state index contributed by atoms with van der Waals surface area (Å²) >= 11 is 6.32. The van der Waals surface area contributed by atoms with Crippen LogP contribution >= 0.6 is 11.6 Å². The first-order valence-electron chi connectivity index (χ1n) is 10.6. The first-order chi connectivity index (χ1) is 15.9. The molecule has 0 saturated heterocycles. The Labute approximate surface area is 197 Å². The molecule has 3 heterocycles. The second kappa shape index (κ2) is 9.60. The van der Waals surface area contributed by atoms with Crippen LogP contribution in [0.3, 0.4) is 0 Å². The van der Waals surface area contributed by atoms with Gasteiger partial charge in [-0.05, 0) is 32.9 Å². The molecule has 1 aromatic carbocycles. The van der Waals surface area contributed by atoms with Crippen LogP contribution in [-0.2, 0) is 11.3 Å². The molecular weight excluding hydrogens is 440 g/mol. The van der Waals surface area contributed by atoms with Gasteiger partial charge in [0.25, 0.3) is 0 Å². The number of hydrogen-bond acceptors (Lipinski definition) is 7. The van der Waals surface area contributed by atoms with Gasteiger partial charge in [0.1, 0.15) is 18.0 Å². The lowest BCUT2D eigenvalue weighted by Crippen LogP contribution is -2.10. The standard InChI is InChI=1S/C23H27ClN8O/c1-14-22(17-6-8-18(25-4)9-7-17)30-31(10-11-33-5)23(14)28-19-12-20(27-13-26-19)32-16(3)21(24)15(2)29-32/h6-9,12-13,25H,10-11H2,1-5H3,(H,26,27,28). The van der Waals surface area contributed by atoms with E-state index in [0.29, 0.717) is 29.8 Å². The summed E-state index contributed by atoms with van der Waals surface area (Å²) in [5.74, 6) is 2.10. The van der Waals surface area contributed by atoms with Crippen molar-refractivity contribution in [3.05, 3.63) is 58.6 Å². The zero-order chi connectivity index (χ0) is 23.5. The van der Waals surface area contributed by atoms with Gasteiger partial charge in [-0.15, -0.1) is 0 Å². The fourth-order valence-corrected chi connectivity index (χ4v) is 3.74. The third-order valence-electron chi connectivity index (χ3n) is 5.46. The number of anilines is 3. The largest absolute Gasteiger partial charge is 0.388 e. The van der Waals surface area contributed by atoms with Crippen LogP contribution in [0.15, 0.2) is 36.7 Å². The molecule has 0 fully saturated rings. The van der Waals surface area contributed by atoms with Crippen molar-refractivity contribution >= 4 is 28.9 Å². The second-order valence-electron chi connectivity index (χ2n) is 7.65. The lowest BCUT2D eigenvalue weighted by Gasteiger charge is -2.11. The predicted molar refractivity (Wildman–Crippen MR) is 131 cm³/mol. The minimum absolute atomic E-state index is 0.535. The number of halogens is 1. The number of rotatable bonds is 8. The van der Waals surface area contributed by atoms with Gasteiger partial charge in [0, 0.05) is 37.0 Å². The molecule has 0 aliphatic carbocycles. The Kier molecular flexibility index (Phi) is 6.62. The molecule has 4 aromatic rings. The van der Waals surface area contributed by atoms with Gasteiger partial charge >= 0.3 is 0 Å². The number of benzene rings is 1. The number of hydrogen-bond donors (Lipinski definition) is 2. The SMILES string of the molecule is CNc1ccc(-c2nn(CCOC)c(Nc3cc(-n4nc(C)c(Cl)c4C)ncn3)c2C)cc1. The van der Waals surface area contributed by atoms with Crippen molar-refractivity contribution < 1.29 is 4.74 Å². The van der Waals surface area contributed by atoms with E-state index < -0.39 is 0 Å². The Morgan fingerprint density at radius 3 is 2.45 bits per heavy atom. The van der Waals surface area contributed by atoms with Crippen LogP contribution < -0.4 is 10.6 Å². The number of nitrogens with zero attached hydrogens (tertiary/aromatic N) is 6. The van der Waals surface area contributed by atoms with Crippen LogP contribution in [0.25, 0.3) is 17.1 Å². The summed E-state index contributed by atoms with van der Waals surface area (Å²) in [6.07, 6.45) is 1.50. The molecule has 9 nitrogen and oxygen atoms in total. The van der Waals surface area contributed by atoms with Crippen molar-refractivity contribution in [3.63, 3.8) is 0 Å². The zero-order valence-electron chi connectivity index (χ0n) is 19.3. The summed E-state index contributed by atoms with van der Waals surface area (Å²) in [6, 6.07) is 10.0. The lowest BCUT2D eigenvalue weighted by atomic mass is 10.1. The molecule has 0 bridgehead atoms. The fourth-order valence-electron chi connectivity index (χ4n) is 3.62. The molecule has 3 aromatic heterocycles. The Hall–Kier alpha value is -3.43. The average Bonchev–Trinajstić information content (AvgIpc) is 3.28. The monoisotopic (exact) mass is 466 g/mol. The maximum Gasteiger partial charge on any atom is 0.159 e. The van der Waals surface area contributed by atoms with Crippen LogP contribution in [0.4, 0.5) is 17.3 Å². The molecule has 0 aliphatic rings. The van der Waals surface area contributed by atoms with Gasteiger partial charge in [-0.3, -0.25) is 0 Å². The lowest BCUT2D eigenvalue weighted by molar-refractivity contribution is 0.184. The van der Waals surface area contributed by atoms with Crippen LogP contribution in [-0.4, -0.2) is 50.3 Å². The number of ether oxygens (including phenoxy) is 1. The van der Waals surface area contributed by atoms with E-state index in [1.165, 1.54) is 6.33 Å². The van der Waals surface area contributed by atoms with Gasteiger partial charge in [-0.2, -0.15) is 10.2 Å². The van der Waals surface area contributed by atoms with Crippen molar-refractivity contribution in [2.75, 3.05) is 31.4 Å². The molecule has 0 aliphatic heterocycles. The molecule has 0 unspecified atom stereocenters. The minimum atomic E-state index is 0.535. The summed E-state index contributed by atoms with van der Waals surface area (Å²) in [7, 11) is 3.58. The Morgan fingerprint density at radius 1 is 1.06 bits per heavy atom. The molecule has 172 valence electrons. The van der Waals surface area contributed by atoms with Crippen LogP contribution in [0, 0.1) is 20.8 Å². The third-order valence-corrected chi connectivity index (χ3v) is 6.01. The van der Waals surface area contributed by atoms with Crippen molar-refractivity contribution in [2.24, 2.45) is 0 Å². The molecule has 0 spiro atoms. The molecule has 10 heteroatoms. The molecular formula is C23H27ClN8O. The quantitative estimate of drug-likeness (QED) is 0.393. The first-order valence-corrected chi connectivity index (χ1v) is 11.0. The average molecular weight is 467 g/mol. The number of aryl methyl sites for hydroxylation is 1. The number of methoxy groups -OCH3 is 1. The molecule has 4 rings (SSSR count). The van der Waals surface area contributed by atoms with Crippen LogP contribution in [0.2, 0.25) is 5.02 Å². The van der Waals surface area contributed by atoms with Gasteiger partial charge in [0.05, 0.1) is 35.3 Å². The van der Waals surface area contributed by atoms with Gasteiger partial charge in [-0.1, -0.05) is 23.7 Å². The van der Waals surface area contributed by atoms with E-state index in [9.17, 15) is 0 Å². The van der Waals surface area contributed by atoms with Gasteiger partial charge < -0.3 is 15.4 Å². The molecule has 0 saturated carbocycles. The number of aromatic nitrogens is 6. The Balaban J connectivity index is 1.71. The van der Waals surface area contributed by atoms with Crippen LogP contribution in [0.1, 0.15) is 17.0 Å². The van der Waals surface area contributed by atoms with Crippen LogP contribution in [0.5, 0.6) is 0 Å². The zero-order valence-corrected chi connectivity index (χ0v) is 20.1. The van der Waals surface area contributed by atoms with Crippen molar-refractivity contribution in [1.82, 2.24) is 29.5 Å². The minimum Gasteiger partial charge on any atom is -0.388 e. The summed E-state index contributed by atoms with van der Waals surface area (Å²) in [5.41, 5.74) is 5.57. The highest BCUT2D eigenvalue weighted by atomic mass is 35.5. The molecule has 0 radical (unpaired) electrons. The van der Waals surface area contributed by atoms with Crippen molar-refractivity contribution in [1.29, 1.82) is 0 Å². The van der Waals surface area contributed by atoms with E-state index in [4.69, 9.17) is 21.4 Å². The molecule has 33 heavy (non-hydrogen) atoms. The van der Waals surface area contributed by atoms with Gasteiger partial charge in [0.2, 0.25) is 0 Å². The maximum atomic E-state index is 6.32. The van der Waals surface area contributed by atoms with Gasteiger partial charge in [0.15, 0.2) is 5.82 Å². The number of nitrogens with one attached hydrogen (secondary N) is 2. The van der Waals surface area contributed by atoms with Crippen molar-refractivity contribution in [2.45, 2.75) is 27.3 Å². The van der Waals surface area contributed by atoms with E-state index in [0.717, 1.165) is 39.7 Å². The van der Waals surface area contributed by atoms with E-state index in [-0.39, 0.29) is 0 Å². The first kappa shape index (κ1) is 22.8. The summed E-state index contributed by atoms with van der Waals surface area (Å²) in [4.78, 5) is 8.78. The Morgan fingerprint density at radius 2 is 1.82 bits per heavy atom. The van der Waals surface area contributed by atoms with Crippen molar-refractivity contribution in [3.8, 4) is 17.1 Å². The normalized spacial score (nSPS) is 11.1. The van der Waals surface area contributed by atoms with Gasteiger partial charge in [-0.25, -0.2) is 19.3 Å². The third kappa shape index (κ3) is 4.55. The molecule has 0 amide bonds. The summed E-state index contributed by atoms with van der Waals surface area (Å²) in [6.45, 7) is 6.96. The molecule has 0 atom stereocenters. The smallest absolute Gasteiger partial charge is 0.159 e. The summed E-state index contributed by atoms with van der Waals surface area (Å²) in [5, 5.41) is 16.5. The Bertz CT molecular complexity index is 1260. The van der Waals surface area contributed by atoms with E-state index >= 15 is 0 Å². The molecule has 2 N–H and O–H groups in total. The topological polar surface area (TPSA) is 94.7 Å². The summed E-state index contributed by atoms with van der Waals surface area (Å²) < 4.78 is 8.91. The highest BCUT2D eigenvalue weighted by molar-refractivity contribution is 6.31. The predicted octanol–water partition coefficient (Wildman–Crippen LogP) is 4.54. The van der Waals surface area contributed by atoms with E-state index in [2.05, 4.69) is 37.8 Å². The highest BCUT2D eigenvalue weighted by Gasteiger charge is 2.18. The van der Waals surface area contributed by atoms with E-state index in [1.54, 1.807) is 11.8 Å². The maximum absolute atomic E-state index is 6.32.